The van der Waals surface area contributed by atoms with Crippen molar-refractivity contribution in [1.82, 2.24) is 4.90 Å². The first-order chi connectivity index (χ1) is 17.3. The van der Waals surface area contributed by atoms with Crippen LogP contribution in [0.25, 0.3) is 6.08 Å². The smallest absolute Gasteiger partial charge is 0.345 e. The maximum absolute atomic E-state index is 13.0. The molecule has 0 aliphatic carbocycles. The third-order valence-corrected chi connectivity index (χ3v) is 7.59. The third kappa shape index (κ3) is 6.13. The molecule has 36 heavy (non-hydrogen) atoms. The molecule has 3 aromatic rings. The van der Waals surface area contributed by atoms with Crippen molar-refractivity contribution in [3.05, 3.63) is 95.3 Å². The fraction of sp³-hybridized carbons (Fsp3) is 0.115. The molecule has 184 valence electrons. The largest absolute Gasteiger partial charge is 0.490 e. The van der Waals surface area contributed by atoms with E-state index in [4.69, 9.17) is 21.1 Å². The Bertz CT molecular complexity index is 1380. The van der Waals surface area contributed by atoms with Gasteiger partial charge in [0.2, 0.25) is 0 Å². The summed E-state index contributed by atoms with van der Waals surface area (Å²) in [6.45, 7) is 2.32. The molecule has 0 radical (unpaired) electrons. The SMILES string of the molecule is CCOc1cc(/C=C2\SC(=O)N(Cc3ccc(I)cc3)C2=O)cc(Br)c1OC(=O)c1ccccc1Cl. The van der Waals surface area contributed by atoms with Gasteiger partial charge in [0.25, 0.3) is 11.1 Å². The quantitative estimate of drug-likeness (QED) is 0.110. The summed E-state index contributed by atoms with van der Waals surface area (Å²) in [6.07, 6.45) is 1.62. The van der Waals surface area contributed by atoms with Crippen molar-refractivity contribution in [3.8, 4) is 11.5 Å². The van der Waals surface area contributed by atoms with E-state index in [0.29, 0.717) is 27.3 Å². The van der Waals surface area contributed by atoms with Crippen LogP contribution in [0.15, 0.2) is 70.0 Å². The van der Waals surface area contributed by atoms with Crippen LogP contribution in [0.1, 0.15) is 28.4 Å². The summed E-state index contributed by atoms with van der Waals surface area (Å²) in [7, 11) is 0. The van der Waals surface area contributed by atoms with Gasteiger partial charge in [-0.05, 0) is 111 Å². The number of nitrogens with zero attached hydrogens (tertiary/aromatic N) is 1. The predicted molar refractivity (Wildman–Crippen MR) is 152 cm³/mol. The van der Waals surface area contributed by atoms with Crippen molar-refractivity contribution in [1.29, 1.82) is 0 Å². The van der Waals surface area contributed by atoms with E-state index >= 15 is 0 Å². The molecule has 1 aliphatic heterocycles. The number of rotatable bonds is 7. The maximum Gasteiger partial charge on any atom is 0.345 e. The Morgan fingerprint density at radius 1 is 1.14 bits per heavy atom. The zero-order valence-corrected chi connectivity index (χ0v) is 24.1. The Kier molecular flexibility index (Phi) is 8.76. The van der Waals surface area contributed by atoms with Crippen LogP contribution in [0.4, 0.5) is 4.79 Å². The van der Waals surface area contributed by atoms with Gasteiger partial charge in [0.1, 0.15) is 0 Å². The number of carbonyl (C=O) groups is 3. The van der Waals surface area contributed by atoms with Crippen LogP contribution in [0.2, 0.25) is 5.02 Å². The Hall–Kier alpha value is -2.34. The summed E-state index contributed by atoms with van der Waals surface area (Å²) >= 11 is 12.6. The van der Waals surface area contributed by atoms with Crippen molar-refractivity contribution >= 4 is 85.1 Å². The lowest BCUT2D eigenvalue weighted by atomic mass is 10.1. The van der Waals surface area contributed by atoms with Gasteiger partial charge in [0.05, 0.1) is 33.1 Å². The van der Waals surface area contributed by atoms with E-state index < -0.39 is 5.97 Å². The fourth-order valence-electron chi connectivity index (χ4n) is 3.37. The van der Waals surface area contributed by atoms with Gasteiger partial charge in [0.15, 0.2) is 11.5 Å². The van der Waals surface area contributed by atoms with Gasteiger partial charge in [0, 0.05) is 3.57 Å². The number of imide groups is 1. The molecule has 0 spiro atoms. The molecule has 0 unspecified atom stereocenters. The van der Waals surface area contributed by atoms with Gasteiger partial charge in [-0.1, -0.05) is 35.9 Å². The topological polar surface area (TPSA) is 72.9 Å². The van der Waals surface area contributed by atoms with Gasteiger partial charge in [-0.2, -0.15) is 0 Å². The first-order valence-electron chi connectivity index (χ1n) is 10.7. The van der Waals surface area contributed by atoms with Crippen molar-refractivity contribution in [2.45, 2.75) is 13.5 Å². The van der Waals surface area contributed by atoms with Gasteiger partial charge < -0.3 is 9.47 Å². The summed E-state index contributed by atoms with van der Waals surface area (Å²) in [4.78, 5) is 39.7. The minimum absolute atomic E-state index is 0.186. The second-order valence-electron chi connectivity index (χ2n) is 7.53. The molecule has 6 nitrogen and oxygen atoms in total. The zero-order valence-electron chi connectivity index (χ0n) is 18.8. The molecular formula is C26H18BrClINO5S. The highest BCUT2D eigenvalue weighted by molar-refractivity contribution is 14.1. The number of hydrogen-bond donors (Lipinski definition) is 0. The van der Waals surface area contributed by atoms with E-state index in [-0.39, 0.29) is 34.0 Å². The van der Waals surface area contributed by atoms with Crippen molar-refractivity contribution in [2.75, 3.05) is 6.61 Å². The first kappa shape index (κ1) is 26.7. The lowest BCUT2D eigenvalue weighted by Gasteiger charge is -2.14. The number of carbonyl (C=O) groups excluding carboxylic acids is 3. The number of esters is 1. The Morgan fingerprint density at radius 3 is 2.56 bits per heavy atom. The minimum atomic E-state index is -0.633. The lowest BCUT2D eigenvalue weighted by molar-refractivity contribution is -0.123. The number of ether oxygens (including phenoxy) is 2. The van der Waals surface area contributed by atoms with E-state index in [1.54, 1.807) is 49.4 Å². The van der Waals surface area contributed by atoms with Crippen LogP contribution in [0.3, 0.4) is 0 Å². The summed E-state index contributed by atoms with van der Waals surface area (Å²) < 4.78 is 12.8. The monoisotopic (exact) mass is 697 g/mol. The number of amides is 2. The molecular weight excluding hydrogens is 681 g/mol. The number of halogens is 3. The number of thioether (sulfide) groups is 1. The summed E-state index contributed by atoms with van der Waals surface area (Å²) in [5, 5.41) is -0.0617. The van der Waals surface area contributed by atoms with Crippen LogP contribution in [0.5, 0.6) is 11.5 Å². The molecule has 0 bridgehead atoms. The van der Waals surface area contributed by atoms with Gasteiger partial charge in [-0.15, -0.1) is 0 Å². The standard InChI is InChI=1S/C26H18BrClINO5S/c1-2-34-21-12-16(11-19(27)23(21)35-25(32)18-5-3-4-6-20(18)28)13-22-24(31)30(26(33)36-22)14-15-7-9-17(29)10-8-15/h3-13H,2,14H2,1H3/b22-13-. The molecule has 1 saturated heterocycles. The van der Waals surface area contributed by atoms with Crippen molar-refractivity contribution in [3.63, 3.8) is 0 Å². The van der Waals surface area contributed by atoms with E-state index in [1.165, 1.54) is 4.90 Å². The minimum Gasteiger partial charge on any atom is -0.490 e. The van der Waals surface area contributed by atoms with Crippen molar-refractivity contribution < 1.29 is 23.9 Å². The predicted octanol–water partition coefficient (Wildman–Crippen LogP) is 7.56. The van der Waals surface area contributed by atoms with E-state index in [1.807, 2.05) is 24.3 Å². The lowest BCUT2D eigenvalue weighted by Crippen LogP contribution is -2.27. The highest BCUT2D eigenvalue weighted by Crippen LogP contribution is 2.40. The molecule has 2 amide bonds. The molecule has 1 heterocycles. The first-order valence-corrected chi connectivity index (χ1v) is 13.8. The zero-order chi connectivity index (χ0) is 25.8. The van der Waals surface area contributed by atoms with Crippen LogP contribution in [0, 0.1) is 3.57 Å². The molecule has 0 N–H and O–H groups in total. The van der Waals surface area contributed by atoms with Gasteiger partial charge in [-0.25, -0.2) is 4.79 Å². The molecule has 1 aliphatic rings. The molecule has 4 rings (SSSR count). The summed E-state index contributed by atoms with van der Waals surface area (Å²) in [5.41, 5.74) is 1.69. The highest BCUT2D eigenvalue weighted by Gasteiger charge is 2.35. The van der Waals surface area contributed by atoms with Crippen LogP contribution >= 0.6 is 61.9 Å². The molecule has 10 heteroatoms. The second-order valence-corrected chi connectivity index (χ2v) is 11.0. The third-order valence-electron chi connectivity index (χ3n) is 5.05. The Morgan fingerprint density at radius 2 is 1.86 bits per heavy atom. The van der Waals surface area contributed by atoms with Gasteiger partial charge >= 0.3 is 5.97 Å². The fourth-order valence-corrected chi connectivity index (χ4v) is 5.32. The van der Waals surface area contributed by atoms with E-state index in [9.17, 15) is 14.4 Å². The molecule has 0 atom stereocenters. The van der Waals surface area contributed by atoms with Crippen LogP contribution < -0.4 is 9.47 Å². The Labute approximate surface area is 239 Å². The Balaban J connectivity index is 1.59. The second kappa shape index (κ2) is 11.8. The molecule has 0 saturated carbocycles. The average Bonchev–Trinajstić information content (AvgIpc) is 3.10. The van der Waals surface area contributed by atoms with Crippen molar-refractivity contribution in [2.24, 2.45) is 0 Å². The average molecular weight is 699 g/mol. The van der Waals surface area contributed by atoms with E-state index in [2.05, 4.69) is 38.5 Å². The number of hydrogen-bond acceptors (Lipinski definition) is 6. The molecule has 1 fully saturated rings. The molecule has 0 aromatic heterocycles. The van der Waals surface area contributed by atoms with Crippen LogP contribution in [-0.2, 0) is 11.3 Å². The van der Waals surface area contributed by atoms with E-state index in [0.717, 1.165) is 20.9 Å². The maximum atomic E-state index is 13.0. The molecule has 3 aromatic carbocycles. The number of benzene rings is 3. The summed E-state index contributed by atoms with van der Waals surface area (Å²) in [6, 6.07) is 17.6. The summed E-state index contributed by atoms with van der Waals surface area (Å²) in [5.74, 6) is -0.513. The van der Waals surface area contributed by atoms with Gasteiger partial charge in [-0.3, -0.25) is 14.5 Å². The highest BCUT2D eigenvalue weighted by atomic mass is 127. The van der Waals surface area contributed by atoms with Crippen LogP contribution in [-0.4, -0.2) is 28.6 Å². The normalized spacial score (nSPS) is 14.4.